The van der Waals surface area contributed by atoms with Crippen molar-refractivity contribution in [2.75, 3.05) is 24.4 Å². The highest BCUT2D eigenvalue weighted by molar-refractivity contribution is 7.92. The predicted molar refractivity (Wildman–Crippen MR) is 108 cm³/mol. The summed E-state index contributed by atoms with van der Waals surface area (Å²) in [6.07, 6.45) is 1.51. The molecule has 7 nitrogen and oxygen atoms in total. The van der Waals surface area contributed by atoms with Gasteiger partial charge in [0, 0.05) is 18.1 Å². The number of halogens is 2. The third-order valence-corrected chi connectivity index (χ3v) is 7.93. The van der Waals surface area contributed by atoms with Crippen molar-refractivity contribution in [2.24, 2.45) is 0 Å². The van der Waals surface area contributed by atoms with E-state index in [9.17, 15) is 21.2 Å². The highest BCUT2D eigenvalue weighted by Crippen LogP contribution is 2.32. The SMILES string of the molecule is CCOc1ccc(NS(=O)(=O)c2ccc(Cl)cc2F)cc1S(=O)(=O)N1CCCC1. The van der Waals surface area contributed by atoms with Crippen molar-refractivity contribution < 1.29 is 26.0 Å². The maximum atomic E-state index is 14.1. The summed E-state index contributed by atoms with van der Waals surface area (Å²) in [5, 5.41) is 0.0570. The van der Waals surface area contributed by atoms with Crippen LogP contribution in [0.15, 0.2) is 46.2 Å². The molecular weight excluding hydrogens is 443 g/mol. The molecule has 2 aromatic rings. The molecule has 2 aromatic carbocycles. The summed E-state index contributed by atoms with van der Waals surface area (Å²) >= 11 is 5.67. The van der Waals surface area contributed by atoms with Gasteiger partial charge in [-0.2, -0.15) is 4.31 Å². The Morgan fingerprint density at radius 1 is 1.07 bits per heavy atom. The second kappa shape index (κ2) is 8.47. The molecule has 0 amide bonds. The molecule has 1 aliphatic heterocycles. The van der Waals surface area contributed by atoms with Gasteiger partial charge in [0.15, 0.2) is 0 Å². The Morgan fingerprint density at radius 2 is 1.76 bits per heavy atom. The van der Waals surface area contributed by atoms with Crippen LogP contribution in [0.4, 0.5) is 10.1 Å². The van der Waals surface area contributed by atoms with Gasteiger partial charge in [-0.05, 0) is 56.2 Å². The number of sulfonamides is 2. The molecule has 0 radical (unpaired) electrons. The van der Waals surface area contributed by atoms with Crippen molar-refractivity contribution in [3.8, 4) is 5.75 Å². The Morgan fingerprint density at radius 3 is 2.38 bits per heavy atom. The third-order valence-electron chi connectivity index (χ3n) is 4.36. The van der Waals surface area contributed by atoms with Crippen LogP contribution < -0.4 is 9.46 Å². The number of hydrogen-bond acceptors (Lipinski definition) is 5. The minimum absolute atomic E-state index is 0.0272. The fourth-order valence-electron chi connectivity index (χ4n) is 3.02. The molecule has 0 bridgehead atoms. The van der Waals surface area contributed by atoms with E-state index in [1.54, 1.807) is 6.92 Å². The lowest BCUT2D eigenvalue weighted by molar-refractivity contribution is 0.330. The Hall–Kier alpha value is -1.88. The zero-order valence-corrected chi connectivity index (χ0v) is 17.9. The fraction of sp³-hybridized carbons (Fsp3) is 0.333. The van der Waals surface area contributed by atoms with Crippen molar-refractivity contribution >= 4 is 37.3 Å². The summed E-state index contributed by atoms with van der Waals surface area (Å²) in [7, 11) is -8.17. The van der Waals surface area contributed by atoms with Gasteiger partial charge in [0.25, 0.3) is 10.0 Å². The molecule has 1 heterocycles. The summed E-state index contributed by atoms with van der Waals surface area (Å²) in [6, 6.07) is 7.10. The van der Waals surface area contributed by atoms with Crippen molar-refractivity contribution in [3.05, 3.63) is 47.2 Å². The molecule has 3 rings (SSSR count). The van der Waals surface area contributed by atoms with Gasteiger partial charge in [-0.15, -0.1) is 0 Å². The minimum Gasteiger partial charge on any atom is -0.492 e. The largest absolute Gasteiger partial charge is 0.492 e. The van der Waals surface area contributed by atoms with Gasteiger partial charge < -0.3 is 4.74 Å². The highest BCUT2D eigenvalue weighted by atomic mass is 35.5. The normalized spacial score (nSPS) is 15.4. The summed E-state index contributed by atoms with van der Waals surface area (Å²) in [5.74, 6) is -0.888. The number of benzene rings is 2. The number of nitrogens with one attached hydrogen (secondary N) is 1. The summed E-state index contributed by atoms with van der Waals surface area (Å²) < 4.78 is 74.2. The number of anilines is 1. The molecule has 0 saturated carbocycles. The first-order valence-electron chi connectivity index (χ1n) is 8.90. The van der Waals surface area contributed by atoms with Crippen LogP contribution in [-0.4, -0.2) is 40.8 Å². The molecule has 1 fully saturated rings. The molecule has 0 atom stereocenters. The molecule has 0 aromatic heterocycles. The van der Waals surface area contributed by atoms with Crippen LogP contribution in [0, 0.1) is 5.82 Å². The van der Waals surface area contributed by atoms with Crippen LogP contribution in [0.2, 0.25) is 5.02 Å². The van der Waals surface area contributed by atoms with Crippen molar-refractivity contribution in [1.29, 1.82) is 0 Å². The second-order valence-electron chi connectivity index (χ2n) is 6.39. The van der Waals surface area contributed by atoms with Crippen LogP contribution in [0.25, 0.3) is 0 Å². The van der Waals surface area contributed by atoms with E-state index in [1.807, 2.05) is 0 Å². The molecule has 11 heteroatoms. The number of rotatable bonds is 7. The highest BCUT2D eigenvalue weighted by Gasteiger charge is 2.31. The second-order valence-corrected chi connectivity index (χ2v) is 10.4. The molecular formula is C18H20ClFN2O5S2. The van der Waals surface area contributed by atoms with E-state index in [1.165, 1.54) is 28.6 Å². The fourth-order valence-corrected chi connectivity index (χ4v) is 5.96. The average Bonchev–Trinajstić information content (AvgIpc) is 3.18. The lowest BCUT2D eigenvalue weighted by atomic mass is 10.3. The van der Waals surface area contributed by atoms with Crippen molar-refractivity contribution in [2.45, 2.75) is 29.6 Å². The monoisotopic (exact) mass is 462 g/mol. The molecule has 0 unspecified atom stereocenters. The van der Waals surface area contributed by atoms with E-state index < -0.39 is 30.8 Å². The topological polar surface area (TPSA) is 92.8 Å². The van der Waals surface area contributed by atoms with E-state index >= 15 is 0 Å². The lowest BCUT2D eigenvalue weighted by Gasteiger charge is -2.19. The van der Waals surface area contributed by atoms with Crippen LogP contribution in [0.1, 0.15) is 19.8 Å². The standard InChI is InChI=1S/C18H20ClFN2O5S2/c1-2-27-16-7-6-14(12-18(16)29(25,26)22-9-3-4-10-22)21-28(23,24)17-8-5-13(19)11-15(17)20/h5-8,11-12,21H,2-4,9-10H2,1H3. The Bertz CT molecular complexity index is 1120. The van der Waals surface area contributed by atoms with E-state index in [0.29, 0.717) is 13.1 Å². The maximum Gasteiger partial charge on any atom is 0.264 e. The molecule has 0 aliphatic carbocycles. The molecule has 1 saturated heterocycles. The first kappa shape index (κ1) is 21.8. The summed E-state index contributed by atoms with van der Waals surface area (Å²) in [5.41, 5.74) is -0.0272. The van der Waals surface area contributed by atoms with Crippen molar-refractivity contribution in [3.63, 3.8) is 0 Å². The van der Waals surface area contributed by atoms with Crippen LogP contribution in [-0.2, 0) is 20.0 Å². The Balaban J connectivity index is 2.00. The lowest BCUT2D eigenvalue weighted by Crippen LogP contribution is -2.28. The van der Waals surface area contributed by atoms with Gasteiger partial charge in [-0.25, -0.2) is 21.2 Å². The first-order valence-corrected chi connectivity index (χ1v) is 12.2. The van der Waals surface area contributed by atoms with E-state index in [4.69, 9.17) is 16.3 Å². The van der Waals surface area contributed by atoms with Gasteiger partial charge in [0.05, 0.1) is 12.3 Å². The van der Waals surface area contributed by atoms with Gasteiger partial charge in [-0.3, -0.25) is 4.72 Å². The zero-order chi connectivity index (χ0) is 21.2. The van der Waals surface area contributed by atoms with Gasteiger partial charge in [0.1, 0.15) is 21.4 Å². The predicted octanol–water partition coefficient (Wildman–Crippen LogP) is 3.46. The zero-order valence-electron chi connectivity index (χ0n) is 15.6. The van der Waals surface area contributed by atoms with Crippen LogP contribution >= 0.6 is 11.6 Å². The maximum absolute atomic E-state index is 14.1. The molecule has 1 aliphatic rings. The number of ether oxygens (including phenoxy) is 1. The van der Waals surface area contributed by atoms with E-state index in [0.717, 1.165) is 25.0 Å². The molecule has 29 heavy (non-hydrogen) atoms. The van der Waals surface area contributed by atoms with Crippen LogP contribution in [0.5, 0.6) is 5.75 Å². The van der Waals surface area contributed by atoms with E-state index in [2.05, 4.69) is 4.72 Å². The van der Waals surface area contributed by atoms with Gasteiger partial charge >= 0.3 is 0 Å². The third kappa shape index (κ3) is 4.66. The first-order chi connectivity index (χ1) is 13.6. The van der Waals surface area contributed by atoms with E-state index in [-0.39, 0.29) is 28.0 Å². The van der Waals surface area contributed by atoms with Gasteiger partial charge in [-0.1, -0.05) is 11.6 Å². The molecule has 158 valence electrons. The Kier molecular flexibility index (Phi) is 6.37. The Labute approximate surface area is 174 Å². The van der Waals surface area contributed by atoms with Crippen molar-refractivity contribution in [1.82, 2.24) is 4.31 Å². The number of nitrogens with zero attached hydrogens (tertiary/aromatic N) is 1. The summed E-state index contributed by atoms with van der Waals surface area (Å²) in [4.78, 5) is -0.738. The quantitative estimate of drug-likeness (QED) is 0.680. The molecule has 0 spiro atoms. The van der Waals surface area contributed by atoms with Crippen LogP contribution in [0.3, 0.4) is 0 Å². The molecule has 1 N–H and O–H groups in total. The average molecular weight is 463 g/mol. The summed E-state index contributed by atoms with van der Waals surface area (Å²) in [6.45, 7) is 2.73. The van der Waals surface area contributed by atoms with Gasteiger partial charge in [0.2, 0.25) is 10.0 Å². The smallest absolute Gasteiger partial charge is 0.264 e. The minimum atomic E-state index is -4.30. The number of hydrogen-bond donors (Lipinski definition) is 1.